The number of amides is 2. The molecule has 3 aromatic rings. The number of benzene rings is 3. The summed E-state index contributed by atoms with van der Waals surface area (Å²) in [5, 5.41) is 2.95. The molecule has 0 saturated carbocycles. The van der Waals surface area contributed by atoms with Crippen molar-refractivity contribution in [2.45, 2.75) is 63.4 Å². The van der Waals surface area contributed by atoms with Crippen molar-refractivity contribution in [2.75, 3.05) is 30.3 Å². The van der Waals surface area contributed by atoms with E-state index >= 15 is 0 Å². The Morgan fingerprint density at radius 1 is 0.930 bits per heavy atom. The maximum absolute atomic E-state index is 14.2. The number of hydrogen-bond acceptors (Lipinski definition) is 6. The first-order valence-electron chi connectivity index (χ1n) is 14.5. The molecule has 1 N–H and O–H groups in total. The summed E-state index contributed by atoms with van der Waals surface area (Å²) in [6.07, 6.45) is 2.28. The van der Waals surface area contributed by atoms with Gasteiger partial charge in [-0.15, -0.1) is 11.8 Å². The average molecular weight is 626 g/mol. The van der Waals surface area contributed by atoms with Gasteiger partial charge in [0.2, 0.25) is 11.8 Å². The molecule has 0 bridgehead atoms. The van der Waals surface area contributed by atoms with Gasteiger partial charge in [0, 0.05) is 18.0 Å². The summed E-state index contributed by atoms with van der Waals surface area (Å²) in [6.45, 7) is 10.3. The molecule has 3 aromatic carbocycles. The number of aryl methyl sites for hydroxylation is 1. The lowest BCUT2D eigenvalue weighted by molar-refractivity contribution is -0.140. The number of ether oxygens (including phenoxy) is 1. The van der Waals surface area contributed by atoms with Gasteiger partial charge in [-0.05, 0) is 86.5 Å². The van der Waals surface area contributed by atoms with E-state index in [4.69, 9.17) is 4.74 Å². The Morgan fingerprint density at radius 2 is 1.56 bits per heavy atom. The Morgan fingerprint density at radius 3 is 2.09 bits per heavy atom. The average Bonchev–Trinajstić information content (AvgIpc) is 3.00. The van der Waals surface area contributed by atoms with Crippen molar-refractivity contribution < 1.29 is 22.7 Å². The van der Waals surface area contributed by atoms with Crippen molar-refractivity contribution in [1.82, 2.24) is 10.2 Å². The number of sulfonamides is 1. The van der Waals surface area contributed by atoms with Crippen molar-refractivity contribution >= 4 is 39.3 Å². The van der Waals surface area contributed by atoms with Crippen LogP contribution in [-0.4, -0.2) is 57.1 Å². The normalized spacial score (nSPS) is 12.1. The number of anilines is 1. The Hall–Kier alpha value is -3.50. The third-order valence-corrected chi connectivity index (χ3v) is 9.44. The minimum absolute atomic E-state index is 0.0683. The van der Waals surface area contributed by atoms with Gasteiger partial charge in [-0.1, -0.05) is 50.6 Å². The molecule has 0 aliphatic rings. The predicted molar refractivity (Wildman–Crippen MR) is 174 cm³/mol. The lowest BCUT2D eigenvalue weighted by Crippen LogP contribution is -2.52. The van der Waals surface area contributed by atoms with Crippen LogP contribution in [-0.2, 0) is 26.2 Å². The monoisotopic (exact) mass is 625 g/mol. The highest BCUT2D eigenvalue weighted by Crippen LogP contribution is 2.28. The van der Waals surface area contributed by atoms with Crippen molar-refractivity contribution in [1.29, 1.82) is 0 Å². The number of nitrogens with zero attached hydrogens (tertiary/aromatic N) is 2. The molecular weight excluding hydrogens is 583 g/mol. The van der Waals surface area contributed by atoms with E-state index in [9.17, 15) is 18.0 Å². The molecule has 1 atom stereocenters. The summed E-state index contributed by atoms with van der Waals surface area (Å²) in [6, 6.07) is 20.2. The van der Waals surface area contributed by atoms with Gasteiger partial charge in [0.1, 0.15) is 18.3 Å². The van der Waals surface area contributed by atoms with Crippen LogP contribution in [0, 0.1) is 12.8 Å². The molecule has 0 radical (unpaired) electrons. The van der Waals surface area contributed by atoms with Crippen LogP contribution in [0.4, 0.5) is 5.69 Å². The third kappa shape index (κ3) is 9.24. The molecule has 0 saturated heterocycles. The number of thioether (sulfide) groups is 1. The molecule has 0 spiro atoms. The maximum atomic E-state index is 14.2. The van der Waals surface area contributed by atoms with E-state index in [0.29, 0.717) is 31.0 Å². The van der Waals surface area contributed by atoms with Gasteiger partial charge < -0.3 is 15.0 Å². The van der Waals surface area contributed by atoms with Crippen LogP contribution in [0.1, 0.15) is 45.2 Å². The van der Waals surface area contributed by atoms with Crippen molar-refractivity contribution in [3.8, 4) is 5.75 Å². The Kier molecular flexibility index (Phi) is 12.5. The fourth-order valence-electron chi connectivity index (χ4n) is 4.51. The van der Waals surface area contributed by atoms with E-state index in [-0.39, 0.29) is 23.3 Å². The van der Waals surface area contributed by atoms with E-state index in [1.807, 2.05) is 65.1 Å². The van der Waals surface area contributed by atoms with Crippen LogP contribution in [0.5, 0.6) is 5.75 Å². The molecule has 8 nitrogen and oxygen atoms in total. The third-order valence-electron chi connectivity index (χ3n) is 6.91. The zero-order valence-electron chi connectivity index (χ0n) is 25.9. The van der Waals surface area contributed by atoms with Crippen LogP contribution >= 0.6 is 11.8 Å². The first-order chi connectivity index (χ1) is 20.5. The molecule has 0 aliphatic heterocycles. The quantitative estimate of drug-likeness (QED) is 0.212. The van der Waals surface area contributed by atoms with Crippen molar-refractivity contribution in [2.24, 2.45) is 5.92 Å². The number of hydrogen-bond donors (Lipinski definition) is 1. The number of rotatable bonds is 15. The zero-order chi connectivity index (χ0) is 31.6. The Balaban J connectivity index is 2.05. The SMILES string of the molecule is CCOc1ccc(N(CC(=O)N(Cc2ccc(C)cc2)[C@H](CC)C(=O)NCC(C)C)S(=O)(=O)c2ccc(SC)cc2)cc1. The lowest BCUT2D eigenvalue weighted by atomic mass is 10.1. The van der Waals surface area contributed by atoms with Crippen molar-refractivity contribution in [3.05, 3.63) is 83.9 Å². The van der Waals surface area contributed by atoms with E-state index in [1.165, 1.54) is 16.7 Å². The van der Waals surface area contributed by atoms with Gasteiger partial charge >= 0.3 is 0 Å². The summed E-state index contributed by atoms with van der Waals surface area (Å²) in [7, 11) is -4.15. The van der Waals surface area contributed by atoms with Gasteiger partial charge in [-0.2, -0.15) is 0 Å². The van der Waals surface area contributed by atoms with E-state index < -0.39 is 28.5 Å². The molecular formula is C33H43N3O5S2. The van der Waals surface area contributed by atoms with Crippen LogP contribution in [0.25, 0.3) is 0 Å². The Bertz CT molecular complexity index is 1440. The topological polar surface area (TPSA) is 96.0 Å². The smallest absolute Gasteiger partial charge is 0.264 e. The highest BCUT2D eigenvalue weighted by atomic mass is 32.2. The number of nitrogens with one attached hydrogen (secondary N) is 1. The number of carbonyl (C=O) groups excluding carboxylic acids is 2. The molecule has 0 aliphatic carbocycles. The Labute approximate surface area is 260 Å². The molecule has 0 aromatic heterocycles. The second-order valence-corrected chi connectivity index (χ2v) is 13.4. The molecule has 232 valence electrons. The predicted octanol–water partition coefficient (Wildman–Crippen LogP) is 5.89. The van der Waals surface area contributed by atoms with Crippen LogP contribution in [0.15, 0.2) is 82.6 Å². The van der Waals surface area contributed by atoms with E-state index in [2.05, 4.69) is 5.32 Å². The van der Waals surface area contributed by atoms with Gasteiger partial charge in [-0.3, -0.25) is 13.9 Å². The summed E-state index contributed by atoms with van der Waals surface area (Å²) < 4.78 is 34.8. The van der Waals surface area contributed by atoms with Gasteiger partial charge in [0.15, 0.2) is 0 Å². The first kappa shape index (κ1) is 34.0. The molecule has 2 amide bonds. The molecule has 0 heterocycles. The summed E-state index contributed by atoms with van der Waals surface area (Å²) >= 11 is 1.51. The van der Waals surface area contributed by atoms with Crippen molar-refractivity contribution in [3.63, 3.8) is 0 Å². The van der Waals surface area contributed by atoms with E-state index in [1.54, 1.807) is 48.5 Å². The standard InChI is InChI=1S/C33H43N3O5S2/c1-7-31(33(38)34-21-24(3)4)35(22-26-11-9-25(5)10-12-26)32(37)23-36(27-13-15-28(16-14-27)41-8-2)43(39,40)30-19-17-29(42-6)18-20-30/h9-20,24,31H,7-8,21-23H2,1-6H3,(H,34,38)/t31-/m1/s1. The molecule has 3 rings (SSSR count). The molecule has 0 fully saturated rings. The lowest BCUT2D eigenvalue weighted by Gasteiger charge is -2.33. The molecule has 0 unspecified atom stereocenters. The summed E-state index contributed by atoms with van der Waals surface area (Å²) in [4.78, 5) is 30.0. The minimum atomic E-state index is -4.15. The van der Waals surface area contributed by atoms with Crippen LogP contribution in [0.3, 0.4) is 0 Å². The fourth-order valence-corrected chi connectivity index (χ4v) is 6.33. The van der Waals surface area contributed by atoms with Gasteiger partial charge in [0.25, 0.3) is 10.0 Å². The minimum Gasteiger partial charge on any atom is -0.494 e. The molecule has 43 heavy (non-hydrogen) atoms. The maximum Gasteiger partial charge on any atom is 0.264 e. The highest BCUT2D eigenvalue weighted by Gasteiger charge is 2.33. The second kappa shape index (κ2) is 15.8. The highest BCUT2D eigenvalue weighted by molar-refractivity contribution is 7.98. The fraction of sp³-hybridized carbons (Fsp3) is 0.394. The van der Waals surface area contributed by atoms with Crippen LogP contribution < -0.4 is 14.4 Å². The van der Waals surface area contributed by atoms with Crippen LogP contribution in [0.2, 0.25) is 0 Å². The largest absolute Gasteiger partial charge is 0.494 e. The first-order valence-corrected chi connectivity index (χ1v) is 17.2. The van der Waals surface area contributed by atoms with Gasteiger partial charge in [-0.25, -0.2) is 8.42 Å². The summed E-state index contributed by atoms with van der Waals surface area (Å²) in [5.74, 6) is 0.0821. The molecule has 10 heteroatoms. The number of carbonyl (C=O) groups is 2. The zero-order valence-corrected chi connectivity index (χ0v) is 27.5. The van der Waals surface area contributed by atoms with Gasteiger partial charge in [0.05, 0.1) is 17.2 Å². The summed E-state index contributed by atoms with van der Waals surface area (Å²) in [5.41, 5.74) is 2.24. The second-order valence-electron chi connectivity index (χ2n) is 10.7. The van der Waals surface area contributed by atoms with E-state index in [0.717, 1.165) is 20.3 Å².